The highest BCUT2D eigenvalue weighted by atomic mass is 16.7. The summed E-state index contributed by atoms with van der Waals surface area (Å²) in [5.41, 5.74) is 1.46. The molecule has 5 nitrogen and oxygen atoms in total. The molecule has 27 heavy (non-hydrogen) atoms. The van der Waals surface area contributed by atoms with Crippen molar-refractivity contribution >= 4 is 11.8 Å². The highest BCUT2D eigenvalue weighted by molar-refractivity contribution is 6.09. The number of carbonyl (C=O) groups excluding carboxylic acids is 2. The zero-order valence-electron chi connectivity index (χ0n) is 15.2. The maximum absolute atomic E-state index is 13.2. The molecule has 1 aliphatic rings. The number of ketones is 1. The van der Waals surface area contributed by atoms with Crippen molar-refractivity contribution in [1.29, 1.82) is 0 Å². The van der Waals surface area contributed by atoms with Gasteiger partial charge in [0.1, 0.15) is 17.9 Å². The second-order valence-electron chi connectivity index (χ2n) is 6.21. The zero-order chi connectivity index (χ0) is 19.1. The number of rotatable bonds is 8. The highest BCUT2D eigenvalue weighted by Gasteiger charge is 2.40. The largest absolute Gasteiger partial charge is 0.465 e. The standard InChI is InChI=1S/C22H22O5/c1-2-26-22(24)20(21(23)17-11-7-4-8-12-17)18(19-14-25-15-27-19)13-16-9-5-3-6-10-16/h3-12,14,18,20H,2,13,15H2,1H3. The molecule has 0 N–H and O–H groups in total. The molecule has 0 radical (unpaired) electrons. The van der Waals surface area contributed by atoms with Crippen LogP contribution in [0.25, 0.3) is 0 Å². The normalized spacial score (nSPS) is 15.1. The van der Waals surface area contributed by atoms with Gasteiger partial charge >= 0.3 is 5.97 Å². The van der Waals surface area contributed by atoms with Crippen molar-refractivity contribution < 1.29 is 23.8 Å². The van der Waals surface area contributed by atoms with E-state index in [1.54, 1.807) is 31.2 Å². The summed E-state index contributed by atoms with van der Waals surface area (Å²) in [7, 11) is 0. The SMILES string of the molecule is CCOC(=O)C(C(=O)c1ccccc1)C(Cc1ccccc1)C1=COCO1. The number of Topliss-reactive ketones (excluding diaryl/α,β-unsaturated/α-hetero) is 1. The Morgan fingerprint density at radius 1 is 1.04 bits per heavy atom. The summed E-state index contributed by atoms with van der Waals surface area (Å²) in [5, 5.41) is 0. The van der Waals surface area contributed by atoms with Gasteiger partial charge in [0.25, 0.3) is 0 Å². The van der Waals surface area contributed by atoms with Gasteiger partial charge < -0.3 is 14.2 Å². The Morgan fingerprint density at radius 2 is 1.70 bits per heavy atom. The zero-order valence-corrected chi connectivity index (χ0v) is 15.2. The van der Waals surface area contributed by atoms with Crippen molar-refractivity contribution in [2.45, 2.75) is 13.3 Å². The average molecular weight is 366 g/mol. The van der Waals surface area contributed by atoms with Crippen molar-refractivity contribution in [3.63, 3.8) is 0 Å². The van der Waals surface area contributed by atoms with Gasteiger partial charge in [-0.15, -0.1) is 0 Å². The second kappa shape index (κ2) is 9.03. The Balaban J connectivity index is 1.98. The van der Waals surface area contributed by atoms with Crippen LogP contribution < -0.4 is 0 Å². The summed E-state index contributed by atoms with van der Waals surface area (Å²) in [6.07, 6.45) is 1.94. The molecule has 2 aromatic rings. The molecule has 0 aromatic heterocycles. The minimum Gasteiger partial charge on any atom is -0.465 e. The fourth-order valence-electron chi connectivity index (χ4n) is 3.17. The Bertz CT molecular complexity index is 798. The van der Waals surface area contributed by atoms with Gasteiger partial charge in [0.05, 0.1) is 6.61 Å². The van der Waals surface area contributed by atoms with Gasteiger partial charge in [0, 0.05) is 11.5 Å². The monoisotopic (exact) mass is 366 g/mol. The fraction of sp³-hybridized carbons (Fsp3) is 0.273. The number of ether oxygens (including phenoxy) is 3. The average Bonchev–Trinajstić information content (AvgIpc) is 3.24. The maximum atomic E-state index is 13.2. The van der Waals surface area contributed by atoms with Crippen LogP contribution in [-0.2, 0) is 25.4 Å². The molecular formula is C22H22O5. The van der Waals surface area contributed by atoms with E-state index in [9.17, 15) is 9.59 Å². The lowest BCUT2D eigenvalue weighted by Crippen LogP contribution is -2.35. The lowest BCUT2D eigenvalue weighted by atomic mass is 9.80. The minimum absolute atomic E-state index is 0.0791. The summed E-state index contributed by atoms with van der Waals surface area (Å²) < 4.78 is 16.0. The third-order valence-corrected chi connectivity index (χ3v) is 4.44. The van der Waals surface area contributed by atoms with E-state index in [2.05, 4.69) is 0 Å². The van der Waals surface area contributed by atoms with Crippen molar-refractivity contribution in [2.75, 3.05) is 13.4 Å². The Morgan fingerprint density at radius 3 is 2.30 bits per heavy atom. The van der Waals surface area contributed by atoms with Gasteiger partial charge in [-0.3, -0.25) is 9.59 Å². The van der Waals surface area contributed by atoms with Crippen LogP contribution in [0.2, 0.25) is 0 Å². The summed E-state index contributed by atoms with van der Waals surface area (Å²) >= 11 is 0. The molecule has 140 valence electrons. The first-order valence-electron chi connectivity index (χ1n) is 8.95. The Labute approximate surface area is 158 Å². The van der Waals surface area contributed by atoms with E-state index in [1.807, 2.05) is 36.4 Å². The van der Waals surface area contributed by atoms with E-state index >= 15 is 0 Å². The number of esters is 1. The molecule has 0 saturated carbocycles. The van der Waals surface area contributed by atoms with E-state index in [1.165, 1.54) is 6.26 Å². The van der Waals surface area contributed by atoms with Crippen molar-refractivity contribution in [1.82, 2.24) is 0 Å². The van der Waals surface area contributed by atoms with Crippen molar-refractivity contribution in [3.8, 4) is 0 Å². The molecule has 2 unspecified atom stereocenters. The third-order valence-electron chi connectivity index (χ3n) is 4.44. The summed E-state index contributed by atoms with van der Waals surface area (Å²) in [6.45, 7) is 2.00. The van der Waals surface area contributed by atoms with Crippen LogP contribution in [0.5, 0.6) is 0 Å². The predicted octanol–water partition coefficient (Wildman–Crippen LogP) is 3.75. The van der Waals surface area contributed by atoms with Crippen LogP contribution in [0.15, 0.2) is 72.7 Å². The Hall–Kier alpha value is -3.08. The minimum atomic E-state index is -1.01. The first-order chi connectivity index (χ1) is 13.2. The number of carbonyl (C=O) groups is 2. The molecule has 0 amide bonds. The van der Waals surface area contributed by atoms with E-state index in [-0.39, 0.29) is 19.2 Å². The molecule has 0 aliphatic carbocycles. The molecular weight excluding hydrogens is 344 g/mol. The molecule has 0 bridgehead atoms. The van der Waals surface area contributed by atoms with Gasteiger partial charge in [-0.25, -0.2) is 0 Å². The number of allylic oxidation sites excluding steroid dienone is 1. The molecule has 2 aromatic carbocycles. The Kier molecular flexibility index (Phi) is 6.26. The van der Waals surface area contributed by atoms with E-state index in [0.717, 1.165) is 5.56 Å². The first-order valence-corrected chi connectivity index (χ1v) is 8.95. The maximum Gasteiger partial charge on any atom is 0.317 e. The molecule has 0 spiro atoms. The molecule has 3 rings (SSSR count). The molecule has 1 aliphatic heterocycles. The first kappa shape index (κ1) is 18.7. The van der Waals surface area contributed by atoms with Crippen molar-refractivity contribution in [3.05, 3.63) is 83.8 Å². The quantitative estimate of drug-likeness (QED) is 0.404. The third kappa shape index (κ3) is 4.56. The van der Waals surface area contributed by atoms with Crippen LogP contribution in [0.3, 0.4) is 0 Å². The van der Waals surface area contributed by atoms with Crippen molar-refractivity contribution in [2.24, 2.45) is 11.8 Å². The summed E-state index contributed by atoms with van der Waals surface area (Å²) in [5.74, 6) is -1.88. The van der Waals surface area contributed by atoms with E-state index in [0.29, 0.717) is 17.7 Å². The van der Waals surface area contributed by atoms with Gasteiger partial charge in [-0.05, 0) is 18.9 Å². The van der Waals surface area contributed by atoms with Crippen LogP contribution in [-0.4, -0.2) is 25.2 Å². The number of hydrogen-bond donors (Lipinski definition) is 0. The van der Waals surface area contributed by atoms with Gasteiger partial charge in [0.15, 0.2) is 5.78 Å². The van der Waals surface area contributed by atoms with Gasteiger partial charge in [-0.2, -0.15) is 0 Å². The van der Waals surface area contributed by atoms with E-state index < -0.39 is 17.8 Å². The summed E-state index contributed by atoms with van der Waals surface area (Å²) in [4.78, 5) is 26.0. The number of benzene rings is 2. The molecule has 5 heteroatoms. The molecule has 2 atom stereocenters. The lowest BCUT2D eigenvalue weighted by Gasteiger charge is -2.24. The van der Waals surface area contributed by atoms with Crippen LogP contribution in [0.4, 0.5) is 0 Å². The van der Waals surface area contributed by atoms with Gasteiger partial charge in [0.2, 0.25) is 6.79 Å². The van der Waals surface area contributed by atoms with Gasteiger partial charge in [-0.1, -0.05) is 60.7 Å². The second-order valence-corrected chi connectivity index (χ2v) is 6.21. The molecule has 0 saturated heterocycles. The number of hydrogen-bond acceptors (Lipinski definition) is 5. The lowest BCUT2D eigenvalue weighted by molar-refractivity contribution is -0.147. The van der Waals surface area contributed by atoms with Crippen LogP contribution in [0.1, 0.15) is 22.8 Å². The van der Waals surface area contributed by atoms with Crippen LogP contribution >= 0.6 is 0 Å². The topological polar surface area (TPSA) is 61.8 Å². The summed E-state index contributed by atoms with van der Waals surface area (Å²) in [6, 6.07) is 18.5. The highest BCUT2D eigenvalue weighted by Crippen LogP contribution is 2.32. The molecule has 1 heterocycles. The van der Waals surface area contributed by atoms with Crippen LogP contribution in [0, 0.1) is 11.8 Å². The predicted molar refractivity (Wildman–Crippen MR) is 99.7 cm³/mol. The van der Waals surface area contributed by atoms with E-state index in [4.69, 9.17) is 14.2 Å². The molecule has 0 fully saturated rings. The fourth-order valence-corrected chi connectivity index (χ4v) is 3.17. The smallest absolute Gasteiger partial charge is 0.317 e.